The number of tetrazole rings is 1. The van der Waals surface area contributed by atoms with E-state index >= 15 is 0 Å². The van der Waals surface area contributed by atoms with Crippen molar-refractivity contribution in [2.45, 2.75) is 19.4 Å². The lowest BCUT2D eigenvalue weighted by Crippen LogP contribution is -2.23. The van der Waals surface area contributed by atoms with Gasteiger partial charge in [-0.05, 0) is 35.5 Å². The highest BCUT2D eigenvalue weighted by molar-refractivity contribution is 6.28. The molecule has 0 fully saturated rings. The van der Waals surface area contributed by atoms with E-state index < -0.39 is 0 Å². The summed E-state index contributed by atoms with van der Waals surface area (Å²) in [5.74, 6) is 1.45. The second kappa shape index (κ2) is 5.29. The molecule has 0 saturated carbocycles. The Labute approximate surface area is 104 Å². The number of likely N-dealkylation sites (N-methyl/N-ethyl adjacent to an activating group) is 1. The molecule has 17 heavy (non-hydrogen) atoms. The van der Waals surface area contributed by atoms with Gasteiger partial charge in [-0.3, -0.25) is 0 Å². The van der Waals surface area contributed by atoms with Crippen molar-refractivity contribution in [3.63, 3.8) is 0 Å². The first-order valence-electron chi connectivity index (χ1n) is 5.40. The monoisotopic (exact) mass is 255 g/mol. The van der Waals surface area contributed by atoms with Gasteiger partial charge in [0, 0.05) is 6.42 Å². The summed E-state index contributed by atoms with van der Waals surface area (Å²) in [6.07, 6.45) is 0.617. The van der Waals surface area contributed by atoms with Crippen molar-refractivity contribution in [3.05, 3.63) is 28.9 Å². The summed E-state index contributed by atoms with van der Waals surface area (Å²) < 4.78 is 5.40. The van der Waals surface area contributed by atoms with Crippen LogP contribution in [0.4, 0.5) is 0 Å². The van der Waals surface area contributed by atoms with E-state index in [1.54, 1.807) is 13.1 Å². The summed E-state index contributed by atoms with van der Waals surface area (Å²) in [4.78, 5) is 1.44. The number of hydrogen-bond donors (Lipinski definition) is 1. The molecule has 1 unspecified atom stereocenters. The number of aromatic nitrogens is 4. The summed E-state index contributed by atoms with van der Waals surface area (Å²) in [5, 5.41) is 15.6. The van der Waals surface area contributed by atoms with Crippen molar-refractivity contribution in [2.75, 3.05) is 6.54 Å². The van der Waals surface area contributed by atoms with E-state index in [2.05, 4.69) is 20.7 Å². The third-order valence-corrected chi connectivity index (χ3v) is 2.53. The lowest BCUT2D eigenvalue weighted by molar-refractivity contribution is 0.412. The van der Waals surface area contributed by atoms with Crippen LogP contribution >= 0.6 is 11.6 Å². The van der Waals surface area contributed by atoms with E-state index in [1.807, 2.05) is 13.0 Å². The predicted octanol–water partition coefficient (Wildman–Crippen LogP) is 1.35. The molecule has 2 heterocycles. The third-order valence-electron chi connectivity index (χ3n) is 2.32. The lowest BCUT2D eigenvalue weighted by Gasteiger charge is -2.12. The van der Waals surface area contributed by atoms with Crippen LogP contribution in [-0.2, 0) is 13.5 Å². The standard InChI is InChI=1S/C10H14ClN5O/c1-3-12-7(8-4-5-9(11)17-8)6-10-13-15-16(2)14-10/h4-5,7,12H,3,6H2,1-2H3. The van der Waals surface area contributed by atoms with Gasteiger partial charge in [0.25, 0.3) is 0 Å². The lowest BCUT2D eigenvalue weighted by atomic mass is 10.1. The van der Waals surface area contributed by atoms with Crippen LogP contribution in [-0.4, -0.2) is 26.8 Å². The Morgan fingerprint density at radius 3 is 2.88 bits per heavy atom. The first-order chi connectivity index (χ1) is 8.19. The highest BCUT2D eigenvalue weighted by Gasteiger charge is 2.17. The zero-order chi connectivity index (χ0) is 12.3. The molecule has 0 amide bonds. The summed E-state index contributed by atoms with van der Waals surface area (Å²) in [5.41, 5.74) is 0. The SMILES string of the molecule is CCNC(Cc1nnn(C)n1)c1ccc(Cl)o1. The summed E-state index contributed by atoms with van der Waals surface area (Å²) in [7, 11) is 1.74. The smallest absolute Gasteiger partial charge is 0.193 e. The molecule has 7 heteroatoms. The van der Waals surface area contributed by atoms with Gasteiger partial charge in [0.1, 0.15) is 5.76 Å². The fourth-order valence-electron chi connectivity index (χ4n) is 1.62. The minimum absolute atomic E-state index is 0.0108. The average Bonchev–Trinajstić information content (AvgIpc) is 2.87. The molecule has 1 atom stereocenters. The van der Waals surface area contributed by atoms with Gasteiger partial charge in [-0.1, -0.05) is 6.92 Å². The quantitative estimate of drug-likeness (QED) is 0.873. The highest BCUT2D eigenvalue weighted by Crippen LogP contribution is 2.22. The maximum Gasteiger partial charge on any atom is 0.193 e. The van der Waals surface area contributed by atoms with Crippen LogP contribution in [0.5, 0.6) is 0 Å². The van der Waals surface area contributed by atoms with Crippen LogP contribution in [0.25, 0.3) is 0 Å². The number of nitrogens with zero attached hydrogens (tertiary/aromatic N) is 4. The highest BCUT2D eigenvalue weighted by atomic mass is 35.5. The molecule has 92 valence electrons. The summed E-state index contributed by atoms with van der Waals surface area (Å²) in [6.45, 7) is 2.85. The number of nitrogens with one attached hydrogen (secondary N) is 1. The van der Waals surface area contributed by atoms with Gasteiger partial charge in [-0.15, -0.1) is 10.2 Å². The van der Waals surface area contributed by atoms with Crippen LogP contribution in [0.2, 0.25) is 5.22 Å². The molecule has 2 aromatic rings. The molecule has 0 aliphatic heterocycles. The average molecular weight is 256 g/mol. The number of furan rings is 1. The van der Waals surface area contributed by atoms with E-state index in [-0.39, 0.29) is 6.04 Å². The number of hydrogen-bond acceptors (Lipinski definition) is 5. The van der Waals surface area contributed by atoms with Crippen molar-refractivity contribution >= 4 is 11.6 Å². The van der Waals surface area contributed by atoms with E-state index in [9.17, 15) is 0 Å². The molecule has 0 aromatic carbocycles. The molecule has 0 aliphatic rings. The second-order valence-corrected chi connectivity index (χ2v) is 4.02. The third kappa shape index (κ3) is 3.04. The molecule has 2 rings (SSSR count). The van der Waals surface area contributed by atoms with Gasteiger partial charge in [-0.2, -0.15) is 4.80 Å². The normalized spacial score (nSPS) is 12.9. The van der Waals surface area contributed by atoms with Gasteiger partial charge in [0.2, 0.25) is 0 Å². The number of halogens is 1. The van der Waals surface area contributed by atoms with E-state index in [1.165, 1.54) is 4.80 Å². The first kappa shape index (κ1) is 12.1. The Balaban J connectivity index is 2.12. The van der Waals surface area contributed by atoms with Crippen molar-refractivity contribution < 1.29 is 4.42 Å². The molecule has 2 aromatic heterocycles. The van der Waals surface area contributed by atoms with Gasteiger partial charge >= 0.3 is 0 Å². The van der Waals surface area contributed by atoms with E-state index in [4.69, 9.17) is 16.0 Å². The molecular weight excluding hydrogens is 242 g/mol. The van der Waals surface area contributed by atoms with Crippen LogP contribution < -0.4 is 5.32 Å². The molecule has 0 aliphatic carbocycles. The number of rotatable bonds is 5. The second-order valence-electron chi connectivity index (χ2n) is 3.65. The first-order valence-corrected chi connectivity index (χ1v) is 5.78. The largest absolute Gasteiger partial charge is 0.448 e. The summed E-state index contributed by atoms with van der Waals surface area (Å²) in [6, 6.07) is 3.59. The van der Waals surface area contributed by atoms with Crippen molar-refractivity contribution in [2.24, 2.45) is 7.05 Å². The topological polar surface area (TPSA) is 68.8 Å². The van der Waals surface area contributed by atoms with Gasteiger partial charge < -0.3 is 9.73 Å². The molecule has 0 radical (unpaired) electrons. The molecule has 6 nitrogen and oxygen atoms in total. The molecule has 1 N–H and O–H groups in total. The number of aryl methyl sites for hydroxylation is 1. The Bertz CT molecular complexity index is 481. The zero-order valence-corrected chi connectivity index (χ0v) is 10.5. The molecule has 0 bridgehead atoms. The Morgan fingerprint density at radius 1 is 1.53 bits per heavy atom. The maximum absolute atomic E-state index is 5.77. The van der Waals surface area contributed by atoms with Crippen molar-refractivity contribution in [1.29, 1.82) is 0 Å². The minimum atomic E-state index is 0.0108. The fourth-order valence-corrected chi connectivity index (χ4v) is 1.78. The fraction of sp³-hybridized carbons (Fsp3) is 0.500. The minimum Gasteiger partial charge on any atom is -0.448 e. The molecule has 0 spiro atoms. The Kier molecular flexibility index (Phi) is 3.75. The Morgan fingerprint density at radius 2 is 2.35 bits per heavy atom. The van der Waals surface area contributed by atoms with Crippen LogP contribution in [0, 0.1) is 0 Å². The van der Waals surface area contributed by atoms with Gasteiger partial charge in [-0.25, -0.2) is 0 Å². The Hall–Kier alpha value is -1.40. The molecule has 0 saturated heterocycles. The van der Waals surface area contributed by atoms with Crippen molar-refractivity contribution in [3.8, 4) is 0 Å². The summed E-state index contributed by atoms with van der Waals surface area (Å²) >= 11 is 5.77. The predicted molar refractivity (Wildman–Crippen MR) is 62.6 cm³/mol. The van der Waals surface area contributed by atoms with Gasteiger partial charge in [0.05, 0.1) is 13.1 Å². The van der Waals surface area contributed by atoms with E-state index in [0.717, 1.165) is 12.3 Å². The van der Waals surface area contributed by atoms with Crippen LogP contribution in [0.15, 0.2) is 16.5 Å². The van der Waals surface area contributed by atoms with Crippen LogP contribution in [0.1, 0.15) is 24.6 Å². The maximum atomic E-state index is 5.77. The van der Waals surface area contributed by atoms with E-state index in [0.29, 0.717) is 17.5 Å². The molecular formula is C10H14ClN5O. The van der Waals surface area contributed by atoms with Crippen molar-refractivity contribution in [1.82, 2.24) is 25.5 Å². The van der Waals surface area contributed by atoms with Gasteiger partial charge in [0.15, 0.2) is 11.0 Å². The van der Waals surface area contributed by atoms with Crippen LogP contribution in [0.3, 0.4) is 0 Å². The zero-order valence-electron chi connectivity index (χ0n) is 9.72.